The number of nitrogens with two attached hydrogens (primary N) is 1. The number of hydrogen-bond acceptors (Lipinski definition) is 3. The summed E-state index contributed by atoms with van der Waals surface area (Å²) in [7, 11) is 0. The van der Waals surface area contributed by atoms with Crippen molar-refractivity contribution < 1.29 is 17.9 Å². The number of para-hydroxylation sites is 1. The molecule has 2 rings (SSSR count). The van der Waals surface area contributed by atoms with Gasteiger partial charge < -0.3 is 10.5 Å². The average molecular weight is 302 g/mol. The molecule has 1 aromatic rings. The van der Waals surface area contributed by atoms with Crippen molar-refractivity contribution >= 4 is 0 Å². The molecule has 1 saturated heterocycles. The van der Waals surface area contributed by atoms with Crippen LogP contribution in [0.3, 0.4) is 0 Å². The standard InChI is InChI=1S/C15H21F3N2O/c1-10-8-20(9-11(10)2)13(7-19)12-5-3-4-6-14(12)21-15(16,17)18/h3-6,10-11,13H,7-9,19H2,1-2H3. The molecule has 1 aliphatic heterocycles. The van der Waals surface area contributed by atoms with E-state index in [0.717, 1.165) is 13.1 Å². The normalized spacial score (nSPS) is 25.0. The van der Waals surface area contributed by atoms with Crippen LogP contribution < -0.4 is 10.5 Å². The number of hydrogen-bond donors (Lipinski definition) is 1. The lowest BCUT2D eigenvalue weighted by atomic mass is 10.0. The van der Waals surface area contributed by atoms with Crippen LogP contribution in [0.25, 0.3) is 0 Å². The zero-order valence-corrected chi connectivity index (χ0v) is 12.2. The quantitative estimate of drug-likeness (QED) is 0.928. The largest absolute Gasteiger partial charge is 0.573 e. The Morgan fingerprint density at radius 1 is 1.24 bits per heavy atom. The van der Waals surface area contributed by atoms with Crippen molar-refractivity contribution in [3.8, 4) is 5.75 Å². The fourth-order valence-corrected chi connectivity index (χ4v) is 2.87. The topological polar surface area (TPSA) is 38.5 Å². The van der Waals surface area contributed by atoms with Gasteiger partial charge in [0.2, 0.25) is 0 Å². The zero-order chi connectivity index (χ0) is 15.6. The molecule has 3 atom stereocenters. The highest BCUT2D eigenvalue weighted by atomic mass is 19.4. The number of ether oxygens (including phenoxy) is 1. The predicted octanol–water partition coefficient (Wildman–Crippen LogP) is 3.17. The van der Waals surface area contributed by atoms with Crippen LogP contribution in [0.1, 0.15) is 25.5 Å². The van der Waals surface area contributed by atoms with E-state index in [1.165, 1.54) is 12.1 Å². The van der Waals surface area contributed by atoms with Crippen molar-refractivity contribution in [3.63, 3.8) is 0 Å². The zero-order valence-electron chi connectivity index (χ0n) is 12.2. The van der Waals surface area contributed by atoms with Crippen LogP contribution in [0.4, 0.5) is 13.2 Å². The highest BCUT2D eigenvalue weighted by Crippen LogP contribution is 2.36. The molecule has 0 saturated carbocycles. The van der Waals surface area contributed by atoms with Gasteiger partial charge in [-0.1, -0.05) is 32.0 Å². The van der Waals surface area contributed by atoms with Gasteiger partial charge in [0.1, 0.15) is 5.75 Å². The van der Waals surface area contributed by atoms with Crippen molar-refractivity contribution in [2.24, 2.45) is 17.6 Å². The van der Waals surface area contributed by atoms with Gasteiger partial charge in [-0.2, -0.15) is 0 Å². The summed E-state index contributed by atoms with van der Waals surface area (Å²) < 4.78 is 41.7. The summed E-state index contributed by atoms with van der Waals surface area (Å²) in [6, 6.07) is 5.99. The Hall–Kier alpha value is -1.27. The van der Waals surface area contributed by atoms with E-state index in [9.17, 15) is 13.2 Å². The Bertz CT molecular complexity index is 468. The van der Waals surface area contributed by atoms with Gasteiger partial charge in [-0.25, -0.2) is 0 Å². The molecular weight excluding hydrogens is 281 g/mol. The fourth-order valence-electron chi connectivity index (χ4n) is 2.87. The molecule has 1 aromatic carbocycles. The molecule has 21 heavy (non-hydrogen) atoms. The Kier molecular flexibility index (Phi) is 4.78. The van der Waals surface area contributed by atoms with Gasteiger partial charge in [0.25, 0.3) is 0 Å². The maximum absolute atomic E-state index is 12.5. The monoisotopic (exact) mass is 302 g/mol. The molecule has 1 fully saturated rings. The third-order valence-corrected chi connectivity index (χ3v) is 4.18. The smallest absolute Gasteiger partial charge is 0.405 e. The molecule has 1 heterocycles. The van der Waals surface area contributed by atoms with Crippen molar-refractivity contribution in [2.45, 2.75) is 26.3 Å². The van der Waals surface area contributed by atoms with E-state index in [1.54, 1.807) is 12.1 Å². The van der Waals surface area contributed by atoms with Gasteiger partial charge in [0, 0.05) is 25.2 Å². The van der Waals surface area contributed by atoms with Crippen LogP contribution in [-0.2, 0) is 0 Å². The minimum Gasteiger partial charge on any atom is -0.405 e. The summed E-state index contributed by atoms with van der Waals surface area (Å²) in [5.74, 6) is 0.858. The molecule has 0 aromatic heterocycles. The second-order valence-electron chi connectivity index (χ2n) is 5.75. The lowest BCUT2D eigenvalue weighted by Gasteiger charge is -2.28. The van der Waals surface area contributed by atoms with E-state index in [0.29, 0.717) is 17.4 Å². The van der Waals surface area contributed by atoms with E-state index in [-0.39, 0.29) is 18.3 Å². The number of benzene rings is 1. The molecule has 2 N–H and O–H groups in total. The molecule has 6 heteroatoms. The Labute approximate surface area is 122 Å². The number of alkyl halides is 3. The molecule has 0 amide bonds. The van der Waals surface area contributed by atoms with Crippen LogP contribution in [0, 0.1) is 11.8 Å². The second kappa shape index (κ2) is 6.23. The van der Waals surface area contributed by atoms with Gasteiger partial charge in [-0.3, -0.25) is 4.90 Å². The van der Waals surface area contributed by atoms with Gasteiger partial charge >= 0.3 is 6.36 Å². The maximum Gasteiger partial charge on any atom is 0.573 e. The van der Waals surface area contributed by atoms with Crippen molar-refractivity contribution in [2.75, 3.05) is 19.6 Å². The van der Waals surface area contributed by atoms with Crippen LogP contribution in [-0.4, -0.2) is 30.9 Å². The molecular formula is C15H21F3N2O. The predicted molar refractivity (Wildman–Crippen MR) is 74.8 cm³/mol. The Morgan fingerprint density at radius 2 is 1.81 bits per heavy atom. The number of halogens is 3. The highest BCUT2D eigenvalue weighted by Gasteiger charge is 2.35. The second-order valence-corrected chi connectivity index (χ2v) is 5.75. The number of likely N-dealkylation sites (tertiary alicyclic amines) is 1. The third kappa shape index (κ3) is 3.89. The van der Waals surface area contributed by atoms with Crippen molar-refractivity contribution in [1.29, 1.82) is 0 Å². The number of nitrogens with zero attached hydrogens (tertiary/aromatic N) is 1. The molecule has 1 aliphatic rings. The minimum atomic E-state index is -4.69. The van der Waals surface area contributed by atoms with E-state index in [1.807, 2.05) is 0 Å². The lowest BCUT2D eigenvalue weighted by Crippen LogP contribution is -2.33. The van der Waals surface area contributed by atoms with Crippen LogP contribution in [0.5, 0.6) is 5.75 Å². The molecule has 0 radical (unpaired) electrons. The number of rotatable bonds is 4. The molecule has 0 aliphatic carbocycles. The third-order valence-electron chi connectivity index (χ3n) is 4.18. The minimum absolute atomic E-state index is 0.160. The summed E-state index contributed by atoms with van der Waals surface area (Å²) in [6.07, 6.45) is -4.69. The van der Waals surface area contributed by atoms with Gasteiger partial charge in [0.05, 0.1) is 6.04 Å². The summed E-state index contributed by atoms with van der Waals surface area (Å²) in [4.78, 5) is 2.15. The summed E-state index contributed by atoms with van der Waals surface area (Å²) in [5.41, 5.74) is 6.33. The molecule has 3 nitrogen and oxygen atoms in total. The Balaban J connectivity index is 2.26. The molecule has 3 unspecified atom stereocenters. The molecule has 0 bridgehead atoms. The SMILES string of the molecule is CC1CN(C(CN)c2ccccc2OC(F)(F)F)CC1C. The average Bonchev–Trinajstić information content (AvgIpc) is 2.70. The van der Waals surface area contributed by atoms with Crippen molar-refractivity contribution in [1.82, 2.24) is 4.90 Å². The lowest BCUT2D eigenvalue weighted by molar-refractivity contribution is -0.275. The van der Waals surface area contributed by atoms with Crippen LogP contribution in [0.15, 0.2) is 24.3 Å². The van der Waals surface area contributed by atoms with E-state index in [2.05, 4.69) is 23.5 Å². The first-order valence-electron chi connectivity index (χ1n) is 7.10. The summed E-state index contributed by atoms with van der Waals surface area (Å²) >= 11 is 0. The summed E-state index contributed by atoms with van der Waals surface area (Å²) in [6.45, 7) is 6.23. The van der Waals surface area contributed by atoms with E-state index < -0.39 is 6.36 Å². The molecule has 118 valence electrons. The first kappa shape index (κ1) is 16.1. The highest BCUT2D eigenvalue weighted by molar-refractivity contribution is 5.36. The summed E-state index contributed by atoms with van der Waals surface area (Å²) in [5, 5.41) is 0. The van der Waals surface area contributed by atoms with Crippen molar-refractivity contribution in [3.05, 3.63) is 29.8 Å². The van der Waals surface area contributed by atoms with Gasteiger partial charge in [-0.05, 0) is 17.9 Å². The Morgan fingerprint density at radius 3 is 2.33 bits per heavy atom. The molecule has 0 spiro atoms. The fraction of sp³-hybridized carbons (Fsp3) is 0.600. The first-order chi connectivity index (χ1) is 9.81. The van der Waals surface area contributed by atoms with E-state index in [4.69, 9.17) is 5.73 Å². The van der Waals surface area contributed by atoms with Gasteiger partial charge in [0.15, 0.2) is 0 Å². The van der Waals surface area contributed by atoms with Gasteiger partial charge in [-0.15, -0.1) is 13.2 Å². The maximum atomic E-state index is 12.5. The van der Waals surface area contributed by atoms with Crippen LogP contribution >= 0.6 is 0 Å². The first-order valence-corrected chi connectivity index (χ1v) is 7.10. The van der Waals surface area contributed by atoms with Crippen LogP contribution in [0.2, 0.25) is 0 Å². The van der Waals surface area contributed by atoms with E-state index >= 15 is 0 Å².